The SMILES string of the molecule is C(=N[N-]c1nn[nH]n1)c1ccccc1. The van der Waals surface area contributed by atoms with Crippen LogP contribution < -0.4 is 0 Å². The van der Waals surface area contributed by atoms with Gasteiger partial charge in [-0.05, 0) is 5.56 Å². The topological polar surface area (TPSA) is 80.9 Å². The van der Waals surface area contributed by atoms with Gasteiger partial charge in [0.15, 0.2) is 0 Å². The minimum absolute atomic E-state index is 0.220. The third-order valence-electron chi connectivity index (χ3n) is 1.49. The van der Waals surface area contributed by atoms with E-state index >= 15 is 0 Å². The van der Waals surface area contributed by atoms with Crippen LogP contribution in [-0.4, -0.2) is 26.8 Å². The molecular weight excluding hydrogens is 180 g/mol. The van der Waals surface area contributed by atoms with Crippen molar-refractivity contribution >= 4 is 12.2 Å². The molecule has 0 radical (unpaired) electrons. The zero-order valence-electron chi connectivity index (χ0n) is 7.20. The first-order chi connectivity index (χ1) is 6.95. The van der Waals surface area contributed by atoms with Crippen LogP contribution in [0.5, 0.6) is 0 Å². The Balaban J connectivity index is 1.96. The number of hydrogen-bond donors (Lipinski definition) is 1. The van der Waals surface area contributed by atoms with E-state index in [-0.39, 0.29) is 5.95 Å². The lowest BCUT2D eigenvalue weighted by Crippen LogP contribution is -1.78. The Hall–Kier alpha value is -2.24. The molecule has 2 aromatic rings. The van der Waals surface area contributed by atoms with Gasteiger partial charge in [-0.3, -0.25) is 20.8 Å². The molecule has 1 heterocycles. The molecule has 0 aliphatic rings. The van der Waals surface area contributed by atoms with E-state index in [1.54, 1.807) is 6.21 Å². The summed E-state index contributed by atoms with van der Waals surface area (Å²) in [7, 11) is 0. The number of aromatic amines is 1. The molecule has 0 spiro atoms. The number of hydrogen-bond acceptors (Lipinski definition) is 4. The summed E-state index contributed by atoms with van der Waals surface area (Å²) in [5, 5.41) is 16.7. The van der Waals surface area contributed by atoms with Crippen molar-refractivity contribution in [1.29, 1.82) is 0 Å². The molecule has 0 amide bonds. The predicted octanol–water partition coefficient (Wildman–Crippen LogP) is 1.24. The molecular formula is C8H7N6-. The van der Waals surface area contributed by atoms with Gasteiger partial charge in [-0.1, -0.05) is 30.3 Å². The second-order valence-corrected chi connectivity index (χ2v) is 2.47. The maximum atomic E-state index is 3.80. The zero-order chi connectivity index (χ0) is 9.64. The van der Waals surface area contributed by atoms with Crippen LogP contribution in [0.1, 0.15) is 5.56 Å². The molecule has 0 saturated carbocycles. The average molecular weight is 187 g/mol. The highest BCUT2D eigenvalue weighted by atomic mass is 15.5. The summed E-state index contributed by atoms with van der Waals surface area (Å²) in [5.74, 6) is 0.220. The smallest absolute Gasteiger partial charge is 0.0830 e. The molecule has 1 N–H and O–H groups in total. The van der Waals surface area contributed by atoms with Crippen molar-refractivity contribution in [1.82, 2.24) is 20.6 Å². The van der Waals surface area contributed by atoms with Crippen LogP contribution in [-0.2, 0) is 0 Å². The predicted molar refractivity (Wildman–Crippen MR) is 51.2 cm³/mol. The molecule has 0 unspecified atom stereocenters. The number of aromatic nitrogens is 4. The number of tetrazole rings is 1. The molecule has 1 aromatic heterocycles. The van der Waals surface area contributed by atoms with Crippen LogP contribution in [0.2, 0.25) is 0 Å². The van der Waals surface area contributed by atoms with E-state index in [1.165, 1.54) is 0 Å². The van der Waals surface area contributed by atoms with Crippen molar-refractivity contribution in [3.8, 4) is 0 Å². The minimum atomic E-state index is 0.220. The summed E-state index contributed by atoms with van der Waals surface area (Å²) in [5.41, 5.74) is 4.69. The number of nitrogens with zero attached hydrogens (tertiary/aromatic N) is 5. The molecule has 6 nitrogen and oxygen atoms in total. The largest absolute Gasteiger partial charge is 0.277 e. The van der Waals surface area contributed by atoms with Crippen LogP contribution in [0.15, 0.2) is 35.4 Å². The van der Waals surface area contributed by atoms with E-state index < -0.39 is 0 Å². The van der Waals surface area contributed by atoms with Crippen molar-refractivity contribution in [3.63, 3.8) is 0 Å². The first kappa shape index (κ1) is 8.36. The van der Waals surface area contributed by atoms with Crippen molar-refractivity contribution in [2.24, 2.45) is 5.10 Å². The summed E-state index contributed by atoms with van der Waals surface area (Å²) < 4.78 is 0. The molecule has 6 heteroatoms. The maximum absolute atomic E-state index is 3.80. The zero-order valence-corrected chi connectivity index (χ0v) is 7.20. The molecule has 0 atom stereocenters. The standard InChI is InChI=1S/C8H7N6/c1-2-4-7(5-3-1)6-9-10-8-11-13-14-12-8/h1-6H,(H-,10,11,12,13,14)/q-1. The number of rotatable bonds is 3. The molecule has 1 aromatic carbocycles. The quantitative estimate of drug-likeness (QED) is 0.579. The van der Waals surface area contributed by atoms with E-state index in [0.29, 0.717) is 0 Å². The normalized spacial score (nSPS) is 10.6. The van der Waals surface area contributed by atoms with Gasteiger partial charge in [0, 0.05) is 6.21 Å². The van der Waals surface area contributed by atoms with Gasteiger partial charge < -0.3 is 0 Å². The Morgan fingerprint density at radius 1 is 1.29 bits per heavy atom. The van der Waals surface area contributed by atoms with Crippen LogP contribution in [0.25, 0.3) is 5.43 Å². The molecule has 14 heavy (non-hydrogen) atoms. The van der Waals surface area contributed by atoms with Gasteiger partial charge in [0.2, 0.25) is 0 Å². The first-order valence-electron chi connectivity index (χ1n) is 3.98. The summed E-state index contributed by atoms with van der Waals surface area (Å²) in [6.45, 7) is 0. The fourth-order valence-corrected chi connectivity index (χ4v) is 0.885. The van der Waals surface area contributed by atoms with Crippen LogP contribution in [0.4, 0.5) is 5.95 Å². The van der Waals surface area contributed by atoms with E-state index in [4.69, 9.17) is 0 Å². The van der Waals surface area contributed by atoms with Gasteiger partial charge in [0.05, 0.1) is 5.95 Å². The van der Waals surface area contributed by atoms with Gasteiger partial charge in [0.1, 0.15) is 0 Å². The Bertz CT molecular complexity index is 393. The third kappa shape index (κ3) is 2.13. The van der Waals surface area contributed by atoms with E-state index in [2.05, 4.69) is 31.2 Å². The van der Waals surface area contributed by atoms with Crippen LogP contribution in [0, 0.1) is 0 Å². The third-order valence-corrected chi connectivity index (χ3v) is 1.49. The summed E-state index contributed by atoms with van der Waals surface area (Å²) in [6.07, 6.45) is 1.62. The van der Waals surface area contributed by atoms with Crippen molar-refractivity contribution < 1.29 is 0 Å². The Kier molecular flexibility index (Phi) is 2.46. The lowest BCUT2D eigenvalue weighted by atomic mass is 10.2. The summed E-state index contributed by atoms with van der Waals surface area (Å²) in [4.78, 5) is 0. The minimum Gasteiger partial charge on any atom is -0.277 e. The van der Waals surface area contributed by atoms with E-state index in [0.717, 1.165) is 5.56 Å². The Morgan fingerprint density at radius 3 is 2.86 bits per heavy atom. The van der Waals surface area contributed by atoms with Crippen LogP contribution >= 0.6 is 0 Å². The Labute approximate surface area is 80.0 Å². The van der Waals surface area contributed by atoms with Gasteiger partial charge in [-0.25, -0.2) is 5.10 Å². The monoisotopic (exact) mass is 187 g/mol. The fourth-order valence-electron chi connectivity index (χ4n) is 0.885. The lowest BCUT2D eigenvalue weighted by molar-refractivity contribution is 0.881. The highest BCUT2D eigenvalue weighted by Crippen LogP contribution is 2.06. The van der Waals surface area contributed by atoms with Gasteiger partial charge in [0.25, 0.3) is 0 Å². The van der Waals surface area contributed by atoms with Crippen LogP contribution in [0.3, 0.4) is 0 Å². The Morgan fingerprint density at radius 2 is 2.14 bits per heavy atom. The van der Waals surface area contributed by atoms with E-state index in [1.807, 2.05) is 30.3 Å². The first-order valence-corrected chi connectivity index (χ1v) is 3.98. The van der Waals surface area contributed by atoms with Crippen molar-refractivity contribution in [3.05, 3.63) is 41.3 Å². The molecule has 0 bridgehead atoms. The van der Waals surface area contributed by atoms with E-state index in [9.17, 15) is 0 Å². The molecule has 2 rings (SSSR count). The van der Waals surface area contributed by atoms with Gasteiger partial charge in [-0.15, -0.1) is 5.21 Å². The van der Waals surface area contributed by atoms with Crippen molar-refractivity contribution in [2.75, 3.05) is 0 Å². The highest BCUT2D eigenvalue weighted by molar-refractivity contribution is 5.80. The molecule has 0 fully saturated rings. The second kappa shape index (κ2) is 4.13. The second-order valence-electron chi connectivity index (χ2n) is 2.47. The number of H-pyrrole nitrogens is 1. The summed E-state index contributed by atoms with van der Waals surface area (Å²) in [6, 6.07) is 9.64. The number of benzene rings is 1. The van der Waals surface area contributed by atoms with Gasteiger partial charge in [-0.2, -0.15) is 0 Å². The van der Waals surface area contributed by atoms with Gasteiger partial charge >= 0.3 is 0 Å². The lowest BCUT2D eigenvalue weighted by Gasteiger charge is -1.97. The fraction of sp³-hybridized carbons (Fsp3) is 0. The molecule has 70 valence electrons. The average Bonchev–Trinajstić information content (AvgIpc) is 2.72. The molecule has 0 aliphatic carbocycles. The summed E-state index contributed by atoms with van der Waals surface area (Å²) >= 11 is 0. The maximum Gasteiger partial charge on any atom is 0.0830 e. The molecule has 0 saturated heterocycles. The van der Waals surface area contributed by atoms with Crippen molar-refractivity contribution in [2.45, 2.75) is 0 Å². The highest BCUT2D eigenvalue weighted by Gasteiger charge is 1.83. The molecule has 0 aliphatic heterocycles. The number of nitrogens with one attached hydrogen (secondary N) is 1.